The van der Waals surface area contributed by atoms with Crippen LogP contribution in [0.15, 0.2) is 24.3 Å². The molecular formula is C20H27N3O5S. The lowest BCUT2D eigenvalue weighted by molar-refractivity contribution is -0.129. The van der Waals surface area contributed by atoms with Crippen LogP contribution in [0.2, 0.25) is 0 Å². The molecule has 0 spiro atoms. The zero-order valence-electron chi connectivity index (χ0n) is 16.9. The Kier molecular flexibility index (Phi) is 5.71. The summed E-state index contributed by atoms with van der Waals surface area (Å²) in [4.78, 5) is 38.4. The van der Waals surface area contributed by atoms with Gasteiger partial charge in [-0.2, -0.15) is 0 Å². The van der Waals surface area contributed by atoms with E-state index in [0.29, 0.717) is 17.8 Å². The quantitative estimate of drug-likeness (QED) is 0.768. The smallest absolute Gasteiger partial charge is 0.229 e. The summed E-state index contributed by atoms with van der Waals surface area (Å²) < 4.78 is 23.3. The van der Waals surface area contributed by atoms with Crippen LogP contribution in [0.5, 0.6) is 0 Å². The number of likely N-dealkylation sites (tertiary alicyclic amines) is 1. The summed E-state index contributed by atoms with van der Waals surface area (Å²) >= 11 is 0. The minimum Gasteiger partial charge on any atom is -0.338 e. The molecule has 29 heavy (non-hydrogen) atoms. The molecule has 0 bridgehead atoms. The third-order valence-electron chi connectivity index (χ3n) is 5.27. The van der Waals surface area contributed by atoms with Crippen molar-refractivity contribution >= 4 is 38.9 Å². The highest BCUT2D eigenvalue weighted by Crippen LogP contribution is 2.27. The Labute approximate surface area is 170 Å². The average Bonchev–Trinajstić information content (AvgIpc) is 3.18. The van der Waals surface area contributed by atoms with Gasteiger partial charge in [0.05, 0.1) is 17.4 Å². The number of anilines is 2. The van der Waals surface area contributed by atoms with Crippen LogP contribution in [-0.4, -0.2) is 55.1 Å². The maximum absolute atomic E-state index is 12.6. The summed E-state index contributed by atoms with van der Waals surface area (Å²) in [5.41, 5.74) is 0.692. The van der Waals surface area contributed by atoms with Gasteiger partial charge in [-0.3, -0.25) is 14.4 Å². The van der Waals surface area contributed by atoms with Crippen LogP contribution in [0, 0.1) is 11.3 Å². The maximum atomic E-state index is 12.6. The largest absolute Gasteiger partial charge is 0.338 e. The zero-order valence-corrected chi connectivity index (χ0v) is 17.7. The second-order valence-electron chi connectivity index (χ2n) is 8.77. The van der Waals surface area contributed by atoms with E-state index in [-0.39, 0.29) is 48.2 Å². The number of carbonyl (C=O) groups is 3. The Morgan fingerprint density at radius 2 is 1.66 bits per heavy atom. The van der Waals surface area contributed by atoms with Crippen molar-refractivity contribution in [2.45, 2.75) is 39.7 Å². The Hall–Kier alpha value is -2.42. The van der Waals surface area contributed by atoms with Crippen LogP contribution in [-0.2, 0) is 24.2 Å². The van der Waals surface area contributed by atoms with Crippen molar-refractivity contribution in [2.75, 3.05) is 28.7 Å². The molecule has 2 heterocycles. The van der Waals surface area contributed by atoms with Crippen LogP contribution >= 0.6 is 0 Å². The molecule has 2 saturated heterocycles. The molecular weight excluding hydrogens is 394 g/mol. The van der Waals surface area contributed by atoms with Crippen LogP contribution in [0.25, 0.3) is 0 Å². The number of benzene rings is 1. The monoisotopic (exact) mass is 421 g/mol. The summed E-state index contributed by atoms with van der Waals surface area (Å²) in [5, 5.41) is 5.61. The molecule has 158 valence electrons. The highest BCUT2D eigenvalue weighted by Gasteiger charge is 2.41. The summed E-state index contributed by atoms with van der Waals surface area (Å²) in [6.45, 7) is 5.71. The van der Waals surface area contributed by atoms with Crippen molar-refractivity contribution in [3.8, 4) is 0 Å². The SMILES string of the molecule is CC(C)(C)C(=O)Nc1ccc(NC(=O)[C@@H]2CC(=O)N([C@@H]3CCS(=O)(=O)C3)C2)cc1. The lowest BCUT2D eigenvalue weighted by Crippen LogP contribution is -2.38. The molecule has 0 aliphatic carbocycles. The van der Waals surface area contributed by atoms with Gasteiger partial charge in [0.25, 0.3) is 0 Å². The molecule has 0 aromatic heterocycles. The number of nitrogens with zero attached hydrogens (tertiary/aromatic N) is 1. The number of carbonyl (C=O) groups excluding carboxylic acids is 3. The molecule has 2 aliphatic heterocycles. The fourth-order valence-corrected chi connectivity index (χ4v) is 5.21. The molecule has 8 nitrogen and oxygen atoms in total. The molecule has 1 aromatic rings. The van der Waals surface area contributed by atoms with Crippen molar-refractivity contribution in [1.29, 1.82) is 0 Å². The number of nitrogens with one attached hydrogen (secondary N) is 2. The molecule has 0 unspecified atom stereocenters. The molecule has 9 heteroatoms. The summed E-state index contributed by atoms with van der Waals surface area (Å²) in [5.74, 6) is -0.981. The first-order chi connectivity index (χ1) is 13.4. The van der Waals surface area contributed by atoms with Crippen molar-refractivity contribution in [2.24, 2.45) is 11.3 Å². The first-order valence-corrected chi connectivity index (χ1v) is 11.5. The van der Waals surface area contributed by atoms with Gasteiger partial charge in [0.2, 0.25) is 17.7 Å². The van der Waals surface area contributed by atoms with Gasteiger partial charge in [-0.05, 0) is 30.7 Å². The predicted octanol–water partition coefficient (Wildman–Crippen LogP) is 1.65. The van der Waals surface area contributed by atoms with Gasteiger partial charge in [0, 0.05) is 35.8 Å². The number of sulfone groups is 1. The zero-order chi connectivity index (χ0) is 21.4. The van der Waals surface area contributed by atoms with E-state index in [4.69, 9.17) is 0 Å². The van der Waals surface area contributed by atoms with Crippen molar-refractivity contribution < 1.29 is 22.8 Å². The Balaban J connectivity index is 1.57. The number of rotatable bonds is 4. The van der Waals surface area contributed by atoms with E-state index >= 15 is 0 Å². The standard InChI is InChI=1S/C20H27N3O5S/c1-20(2,3)19(26)22-15-6-4-14(5-7-15)21-18(25)13-10-17(24)23(11-13)16-8-9-29(27,28)12-16/h4-7,13,16H,8-12H2,1-3H3,(H,21,25)(H,22,26)/t13-,16-/m1/s1. The molecule has 2 fully saturated rings. The van der Waals surface area contributed by atoms with E-state index in [9.17, 15) is 22.8 Å². The highest BCUT2D eigenvalue weighted by atomic mass is 32.2. The van der Waals surface area contributed by atoms with Gasteiger partial charge >= 0.3 is 0 Å². The summed E-state index contributed by atoms with van der Waals surface area (Å²) in [6, 6.07) is 6.46. The van der Waals surface area contributed by atoms with Gasteiger partial charge in [0.1, 0.15) is 0 Å². The van der Waals surface area contributed by atoms with E-state index in [1.165, 1.54) is 0 Å². The topological polar surface area (TPSA) is 113 Å². The Bertz CT molecular complexity index is 918. The minimum atomic E-state index is -3.09. The average molecular weight is 422 g/mol. The number of amides is 3. The molecule has 2 aliphatic rings. The normalized spacial score (nSPS) is 23.8. The lowest BCUT2D eigenvalue weighted by Gasteiger charge is -2.23. The first-order valence-electron chi connectivity index (χ1n) is 9.67. The van der Waals surface area contributed by atoms with Gasteiger partial charge in [0.15, 0.2) is 9.84 Å². The Morgan fingerprint density at radius 1 is 1.07 bits per heavy atom. The van der Waals surface area contributed by atoms with E-state index < -0.39 is 21.2 Å². The molecule has 1 aromatic carbocycles. The van der Waals surface area contributed by atoms with E-state index in [0.717, 1.165) is 0 Å². The fourth-order valence-electron chi connectivity index (χ4n) is 3.48. The fraction of sp³-hybridized carbons (Fsp3) is 0.550. The van der Waals surface area contributed by atoms with E-state index in [2.05, 4.69) is 10.6 Å². The molecule has 3 amide bonds. The van der Waals surface area contributed by atoms with Gasteiger partial charge in [-0.15, -0.1) is 0 Å². The molecule has 0 radical (unpaired) electrons. The van der Waals surface area contributed by atoms with Crippen LogP contribution in [0.1, 0.15) is 33.6 Å². The molecule has 2 atom stereocenters. The van der Waals surface area contributed by atoms with Crippen molar-refractivity contribution in [3.05, 3.63) is 24.3 Å². The number of hydrogen-bond donors (Lipinski definition) is 2. The van der Waals surface area contributed by atoms with E-state index in [1.807, 2.05) is 20.8 Å². The van der Waals surface area contributed by atoms with Crippen LogP contribution in [0.4, 0.5) is 11.4 Å². The van der Waals surface area contributed by atoms with Crippen LogP contribution < -0.4 is 10.6 Å². The van der Waals surface area contributed by atoms with Gasteiger partial charge in [-0.1, -0.05) is 20.8 Å². The second-order valence-corrected chi connectivity index (χ2v) is 11.0. The molecule has 0 saturated carbocycles. The minimum absolute atomic E-state index is 0.0190. The lowest BCUT2D eigenvalue weighted by atomic mass is 9.95. The van der Waals surface area contributed by atoms with Crippen molar-refractivity contribution in [3.63, 3.8) is 0 Å². The third-order valence-corrected chi connectivity index (χ3v) is 7.02. The van der Waals surface area contributed by atoms with Crippen molar-refractivity contribution in [1.82, 2.24) is 4.90 Å². The molecule has 2 N–H and O–H groups in total. The summed E-state index contributed by atoms with van der Waals surface area (Å²) in [6.07, 6.45) is 0.520. The molecule has 3 rings (SSSR count). The van der Waals surface area contributed by atoms with Gasteiger partial charge < -0.3 is 15.5 Å². The van der Waals surface area contributed by atoms with E-state index in [1.54, 1.807) is 29.2 Å². The second kappa shape index (κ2) is 7.78. The third kappa shape index (κ3) is 5.14. The predicted molar refractivity (Wildman–Crippen MR) is 110 cm³/mol. The van der Waals surface area contributed by atoms with Gasteiger partial charge in [-0.25, -0.2) is 8.42 Å². The highest BCUT2D eigenvalue weighted by molar-refractivity contribution is 7.91. The Morgan fingerprint density at radius 3 is 2.17 bits per heavy atom. The maximum Gasteiger partial charge on any atom is 0.229 e. The number of hydrogen-bond acceptors (Lipinski definition) is 5. The first kappa shape index (κ1) is 21.3. The summed E-state index contributed by atoms with van der Waals surface area (Å²) in [7, 11) is -3.09. The van der Waals surface area contributed by atoms with Crippen LogP contribution in [0.3, 0.4) is 0 Å².